The number of hydrogen-bond acceptors (Lipinski definition) is 3. The first kappa shape index (κ1) is 13.3. The van der Waals surface area contributed by atoms with Gasteiger partial charge in [-0.2, -0.15) is 0 Å². The molecule has 0 atom stereocenters. The van der Waals surface area contributed by atoms with Crippen LogP contribution in [0.3, 0.4) is 0 Å². The van der Waals surface area contributed by atoms with Crippen molar-refractivity contribution in [3.8, 4) is 0 Å². The predicted molar refractivity (Wildman–Crippen MR) is 76.2 cm³/mol. The molecule has 1 N–H and O–H groups in total. The van der Waals surface area contributed by atoms with Gasteiger partial charge in [0.1, 0.15) is 0 Å². The molecule has 2 heterocycles. The molecule has 0 aliphatic heterocycles. The molecule has 5 nitrogen and oxygen atoms in total. The molecule has 5 heteroatoms. The second-order valence-electron chi connectivity index (χ2n) is 4.25. The Morgan fingerprint density at radius 1 is 1.47 bits per heavy atom. The van der Waals surface area contributed by atoms with E-state index < -0.39 is 0 Å². The minimum Gasteiger partial charge on any atom is -0.371 e. The predicted octanol–water partition coefficient (Wildman–Crippen LogP) is 1.64. The fourth-order valence-corrected chi connectivity index (χ4v) is 2.01. The molecule has 0 unspecified atom stereocenters. The summed E-state index contributed by atoms with van der Waals surface area (Å²) in [6.07, 6.45) is 8.21. The van der Waals surface area contributed by atoms with E-state index >= 15 is 0 Å². The van der Waals surface area contributed by atoms with Crippen LogP contribution in [-0.2, 0) is 19.5 Å². The summed E-state index contributed by atoms with van der Waals surface area (Å²) in [6.45, 7) is 3.65. The van der Waals surface area contributed by atoms with E-state index in [1.807, 2.05) is 18.6 Å². The highest BCUT2D eigenvalue weighted by atomic mass is 15.1. The van der Waals surface area contributed by atoms with Gasteiger partial charge in [-0.05, 0) is 18.1 Å². The molecule has 0 aliphatic rings. The van der Waals surface area contributed by atoms with Gasteiger partial charge in [0.25, 0.3) is 0 Å². The van der Waals surface area contributed by atoms with Crippen LogP contribution in [0, 0.1) is 0 Å². The van der Waals surface area contributed by atoms with Crippen molar-refractivity contribution >= 4 is 6.34 Å². The molecule has 0 fully saturated rings. The van der Waals surface area contributed by atoms with Crippen LogP contribution in [-0.4, -0.2) is 27.9 Å². The fraction of sp³-hybridized carbons (Fsp3) is 0.357. The molecular weight excluding hydrogens is 238 g/mol. The smallest absolute Gasteiger partial charge is 0.0955 e. The van der Waals surface area contributed by atoms with E-state index in [0.717, 1.165) is 25.2 Å². The second-order valence-corrected chi connectivity index (χ2v) is 4.25. The third-order valence-electron chi connectivity index (χ3n) is 2.93. The molecule has 19 heavy (non-hydrogen) atoms. The third kappa shape index (κ3) is 3.40. The summed E-state index contributed by atoms with van der Waals surface area (Å²) < 4.78 is 2.16. The van der Waals surface area contributed by atoms with Crippen LogP contribution < -0.4 is 5.32 Å². The van der Waals surface area contributed by atoms with E-state index in [0.29, 0.717) is 0 Å². The molecule has 0 radical (unpaired) electrons. The normalized spacial score (nSPS) is 11.1. The van der Waals surface area contributed by atoms with Crippen LogP contribution in [0.1, 0.15) is 23.9 Å². The lowest BCUT2D eigenvalue weighted by molar-refractivity contribution is 0.712. The van der Waals surface area contributed by atoms with Crippen molar-refractivity contribution in [3.05, 3.63) is 47.8 Å². The highest BCUT2D eigenvalue weighted by Crippen LogP contribution is 2.11. The summed E-state index contributed by atoms with van der Waals surface area (Å²) >= 11 is 0. The molecule has 0 aromatic carbocycles. The van der Waals surface area contributed by atoms with Gasteiger partial charge in [0.15, 0.2) is 0 Å². The lowest BCUT2D eigenvalue weighted by atomic mass is 10.2. The molecular formula is C14H19N5. The Hall–Kier alpha value is -2.17. The average Bonchev–Trinajstić information content (AvgIpc) is 2.83. The maximum atomic E-state index is 4.47. The summed E-state index contributed by atoms with van der Waals surface area (Å²) in [5.74, 6) is 0. The molecule has 0 bridgehead atoms. The number of rotatable bonds is 6. The van der Waals surface area contributed by atoms with Crippen molar-refractivity contribution in [2.24, 2.45) is 4.99 Å². The van der Waals surface area contributed by atoms with E-state index in [1.165, 1.54) is 11.3 Å². The van der Waals surface area contributed by atoms with Crippen LogP contribution in [0.2, 0.25) is 0 Å². The fourth-order valence-electron chi connectivity index (χ4n) is 2.01. The van der Waals surface area contributed by atoms with Crippen molar-refractivity contribution in [1.82, 2.24) is 19.9 Å². The SMILES string of the molecule is CCc1ncn(Cc2cccnc2)c1CNC=NC. The zero-order chi connectivity index (χ0) is 13.5. The van der Waals surface area contributed by atoms with Crippen LogP contribution in [0.15, 0.2) is 35.8 Å². The number of imidazole rings is 1. The van der Waals surface area contributed by atoms with Gasteiger partial charge in [0.05, 0.1) is 37.1 Å². The molecule has 0 spiro atoms. The van der Waals surface area contributed by atoms with Gasteiger partial charge in [0, 0.05) is 19.4 Å². The van der Waals surface area contributed by atoms with Crippen LogP contribution in [0.25, 0.3) is 0 Å². The van der Waals surface area contributed by atoms with E-state index in [1.54, 1.807) is 19.6 Å². The lowest BCUT2D eigenvalue weighted by Crippen LogP contribution is -2.16. The topological polar surface area (TPSA) is 55.1 Å². The largest absolute Gasteiger partial charge is 0.371 e. The van der Waals surface area contributed by atoms with Crippen LogP contribution in [0.5, 0.6) is 0 Å². The number of aryl methyl sites for hydroxylation is 1. The van der Waals surface area contributed by atoms with Gasteiger partial charge >= 0.3 is 0 Å². The summed E-state index contributed by atoms with van der Waals surface area (Å²) in [7, 11) is 1.75. The van der Waals surface area contributed by atoms with Crippen molar-refractivity contribution < 1.29 is 0 Å². The maximum Gasteiger partial charge on any atom is 0.0955 e. The summed E-state index contributed by atoms with van der Waals surface area (Å²) in [5.41, 5.74) is 3.50. The molecule has 0 amide bonds. The summed E-state index contributed by atoms with van der Waals surface area (Å²) in [6, 6.07) is 4.03. The number of nitrogens with zero attached hydrogens (tertiary/aromatic N) is 4. The van der Waals surface area contributed by atoms with Gasteiger partial charge < -0.3 is 9.88 Å². The Morgan fingerprint density at radius 2 is 2.37 bits per heavy atom. The van der Waals surface area contributed by atoms with Crippen molar-refractivity contribution in [2.45, 2.75) is 26.4 Å². The van der Waals surface area contributed by atoms with E-state index in [2.05, 4.69) is 37.8 Å². The molecule has 2 aromatic rings. The van der Waals surface area contributed by atoms with Gasteiger partial charge in [-0.15, -0.1) is 0 Å². The van der Waals surface area contributed by atoms with Gasteiger partial charge in [-0.3, -0.25) is 9.98 Å². The van der Waals surface area contributed by atoms with Crippen LogP contribution in [0.4, 0.5) is 0 Å². The van der Waals surface area contributed by atoms with Gasteiger partial charge in [0.2, 0.25) is 0 Å². The minimum atomic E-state index is 0.737. The first-order valence-corrected chi connectivity index (χ1v) is 6.41. The molecule has 2 aromatic heterocycles. The molecule has 0 saturated carbocycles. The average molecular weight is 257 g/mol. The van der Waals surface area contributed by atoms with E-state index in [4.69, 9.17) is 0 Å². The van der Waals surface area contributed by atoms with Crippen molar-refractivity contribution in [1.29, 1.82) is 0 Å². The number of aliphatic imine (C=N–C) groups is 1. The lowest BCUT2D eigenvalue weighted by Gasteiger charge is -2.09. The van der Waals surface area contributed by atoms with Crippen molar-refractivity contribution in [2.75, 3.05) is 7.05 Å². The minimum absolute atomic E-state index is 0.737. The maximum absolute atomic E-state index is 4.47. The van der Waals surface area contributed by atoms with Gasteiger partial charge in [-0.1, -0.05) is 13.0 Å². The number of aromatic nitrogens is 3. The number of pyridine rings is 1. The van der Waals surface area contributed by atoms with Crippen LogP contribution >= 0.6 is 0 Å². The molecule has 0 aliphatic carbocycles. The quantitative estimate of drug-likeness (QED) is 0.632. The van der Waals surface area contributed by atoms with Gasteiger partial charge in [-0.25, -0.2) is 4.98 Å². The molecule has 0 saturated heterocycles. The third-order valence-corrected chi connectivity index (χ3v) is 2.93. The second kappa shape index (κ2) is 6.68. The van der Waals surface area contributed by atoms with E-state index in [-0.39, 0.29) is 0 Å². The Kier molecular flexibility index (Phi) is 4.66. The van der Waals surface area contributed by atoms with E-state index in [9.17, 15) is 0 Å². The Bertz CT molecular complexity index is 530. The Balaban J connectivity index is 2.17. The first-order valence-electron chi connectivity index (χ1n) is 6.41. The monoisotopic (exact) mass is 257 g/mol. The molecule has 2 rings (SSSR count). The number of nitrogens with one attached hydrogen (secondary N) is 1. The highest BCUT2D eigenvalue weighted by molar-refractivity contribution is 5.53. The standard InChI is InChI=1S/C14H19N5/c1-3-13-14(8-17-10-15-2)19(11-18-13)9-12-5-4-6-16-7-12/h4-7,10-11H,3,8-9H2,1-2H3,(H,15,17). The zero-order valence-electron chi connectivity index (χ0n) is 11.4. The summed E-state index contributed by atoms with van der Waals surface area (Å²) in [4.78, 5) is 12.5. The van der Waals surface area contributed by atoms with Crippen molar-refractivity contribution in [3.63, 3.8) is 0 Å². The Labute approximate surface area is 113 Å². The number of hydrogen-bond donors (Lipinski definition) is 1. The Morgan fingerprint density at radius 3 is 3.05 bits per heavy atom. The zero-order valence-corrected chi connectivity index (χ0v) is 11.4. The highest BCUT2D eigenvalue weighted by Gasteiger charge is 2.09. The first-order chi connectivity index (χ1) is 9.35. The summed E-state index contributed by atoms with van der Waals surface area (Å²) in [5, 5.41) is 3.17. The molecule has 100 valence electrons.